The first kappa shape index (κ1) is 16.2. The molecule has 0 aromatic heterocycles. The van der Waals surface area contributed by atoms with Crippen LogP contribution in [0.3, 0.4) is 0 Å². The minimum absolute atomic E-state index is 0.258. The van der Waals surface area contributed by atoms with Gasteiger partial charge in [-0.2, -0.15) is 0 Å². The molecule has 2 rings (SSSR count). The summed E-state index contributed by atoms with van der Waals surface area (Å²) < 4.78 is 6.01. The van der Waals surface area contributed by atoms with Crippen molar-refractivity contribution in [2.45, 2.75) is 57.6 Å². The molecule has 1 saturated carbocycles. The minimum atomic E-state index is 0.258. The van der Waals surface area contributed by atoms with Crippen LogP contribution in [0.5, 0.6) is 0 Å². The molecule has 4 heteroatoms. The highest BCUT2D eigenvalue weighted by Crippen LogP contribution is 2.35. The summed E-state index contributed by atoms with van der Waals surface area (Å²) in [6, 6.07) is 0. The highest BCUT2D eigenvalue weighted by molar-refractivity contribution is 4.97. The molecule has 2 fully saturated rings. The molecule has 2 N–H and O–H groups in total. The Morgan fingerprint density at radius 1 is 1.30 bits per heavy atom. The lowest BCUT2D eigenvalue weighted by molar-refractivity contribution is -0.0579. The van der Waals surface area contributed by atoms with E-state index in [4.69, 9.17) is 10.5 Å². The zero-order valence-corrected chi connectivity index (χ0v) is 13.4. The van der Waals surface area contributed by atoms with Crippen molar-refractivity contribution in [1.29, 1.82) is 0 Å². The van der Waals surface area contributed by atoms with Crippen LogP contribution in [0.15, 0.2) is 0 Å². The zero-order chi connectivity index (χ0) is 14.4. The van der Waals surface area contributed by atoms with Crippen LogP contribution < -0.4 is 5.73 Å². The Labute approximate surface area is 124 Å². The van der Waals surface area contributed by atoms with Gasteiger partial charge in [0.05, 0.1) is 12.7 Å². The van der Waals surface area contributed by atoms with Crippen LogP contribution in [0, 0.1) is 0 Å². The van der Waals surface area contributed by atoms with Gasteiger partial charge < -0.3 is 10.5 Å². The highest BCUT2D eigenvalue weighted by atomic mass is 16.5. The van der Waals surface area contributed by atoms with Gasteiger partial charge in [-0.1, -0.05) is 26.7 Å². The van der Waals surface area contributed by atoms with Crippen molar-refractivity contribution < 1.29 is 4.74 Å². The van der Waals surface area contributed by atoms with Gasteiger partial charge in [-0.15, -0.1) is 0 Å². The summed E-state index contributed by atoms with van der Waals surface area (Å²) in [6.07, 6.45) is 6.78. The second kappa shape index (κ2) is 7.74. The lowest BCUT2D eigenvalue weighted by Gasteiger charge is -2.44. The summed E-state index contributed by atoms with van der Waals surface area (Å²) in [5, 5.41) is 0. The van der Waals surface area contributed by atoms with E-state index in [1.165, 1.54) is 32.1 Å². The number of likely N-dealkylation sites (N-methyl/N-ethyl adjacent to an activating group) is 1. The van der Waals surface area contributed by atoms with Gasteiger partial charge in [0.1, 0.15) is 0 Å². The minimum Gasteiger partial charge on any atom is -0.374 e. The molecule has 1 heterocycles. The Kier molecular flexibility index (Phi) is 6.27. The molecule has 1 unspecified atom stereocenters. The average molecular weight is 283 g/mol. The van der Waals surface area contributed by atoms with Crippen molar-refractivity contribution in [3.63, 3.8) is 0 Å². The number of morpholine rings is 1. The zero-order valence-electron chi connectivity index (χ0n) is 13.4. The fourth-order valence-electron chi connectivity index (χ4n) is 3.90. The first-order chi connectivity index (χ1) is 9.74. The second-order valence-corrected chi connectivity index (χ2v) is 6.47. The van der Waals surface area contributed by atoms with Gasteiger partial charge in [0.2, 0.25) is 0 Å². The van der Waals surface area contributed by atoms with Crippen LogP contribution in [0.1, 0.15) is 46.0 Å². The van der Waals surface area contributed by atoms with E-state index in [2.05, 4.69) is 23.6 Å². The van der Waals surface area contributed by atoms with Gasteiger partial charge in [0, 0.05) is 31.7 Å². The fourth-order valence-corrected chi connectivity index (χ4v) is 3.90. The number of hydrogen-bond acceptors (Lipinski definition) is 4. The monoisotopic (exact) mass is 283 g/mol. The van der Waals surface area contributed by atoms with Crippen LogP contribution in [-0.2, 0) is 4.74 Å². The second-order valence-electron chi connectivity index (χ2n) is 6.47. The van der Waals surface area contributed by atoms with Gasteiger partial charge in [0.25, 0.3) is 0 Å². The molecular weight excluding hydrogens is 250 g/mol. The van der Waals surface area contributed by atoms with Crippen molar-refractivity contribution in [2.75, 3.05) is 45.9 Å². The Balaban J connectivity index is 1.97. The number of nitrogens with zero attached hydrogens (tertiary/aromatic N) is 2. The first-order valence-corrected chi connectivity index (χ1v) is 8.53. The van der Waals surface area contributed by atoms with E-state index in [-0.39, 0.29) is 5.54 Å². The third kappa shape index (κ3) is 3.73. The summed E-state index contributed by atoms with van der Waals surface area (Å²) in [7, 11) is 0. The summed E-state index contributed by atoms with van der Waals surface area (Å²) in [5.74, 6) is 0. The predicted molar refractivity (Wildman–Crippen MR) is 84.0 cm³/mol. The van der Waals surface area contributed by atoms with Gasteiger partial charge in [-0.3, -0.25) is 9.80 Å². The molecule has 0 spiro atoms. The largest absolute Gasteiger partial charge is 0.374 e. The van der Waals surface area contributed by atoms with Crippen LogP contribution in [0.25, 0.3) is 0 Å². The maximum absolute atomic E-state index is 6.17. The Bertz CT molecular complexity index is 279. The van der Waals surface area contributed by atoms with Gasteiger partial charge in [-0.05, 0) is 32.4 Å². The van der Waals surface area contributed by atoms with E-state index < -0.39 is 0 Å². The highest BCUT2D eigenvalue weighted by Gasteiger charge is 2.39. The van der Waals surface area contributed by atoms with Crippen molar-refractivity contribution in [2.24, 2.45) is 5.73 Å². The summed E-state index contributed by atoms with van der Waals surface area (Å²) in [4.78, 5) is 5.16. The van der Waals surface area contributed by atoms with E-state index in [0.29, 0.717) is 6.10 Å². The lowest BCUT2D eigenvalue weighted by atomic mass is 9.94. The SMILES string of the molecule is CCCN(CC1CN(CC)CCO1)C1(CN)CCCC1. The predicted octanol–water partition coefficient (Wildman–Crippen LogP) is 1.69. The Morgan fingerprint density at radius 2 is 2.05 bits per heavy atom. The van der Waals surface area contributed by atoms with E-state index in [1.807, 2.05) is 0 Å². The van der Waals surface area contributed by atoms with Crippen LogP contribution in [-0.4, -0.2) is 67.3 Å². The topological polar surface area (TPSA) is 41.7 Å². The smallest absolute Gasteiger partial charge is 0.0829 e. The molecule has 0 amide bonds. The third-order valence-corrected chi connectivity index (χ3v) is 5.17. The van der Waals surface area contributed by atoms with E-state index >= 15 is 0 Å². The van der Waals surface area contributed by atoms with Gasteiger partial charge in [0.15, 0.2) is 0 Å². The quantitative estimate of drug-likeness (QED) is 0.772. The van der Waals surface area contributed by atoms with Crippen molar-refractivity contribution in [3.05, 3.63) is 0 Å². The van der Waals surface area contributed by atoms with Crippen LogP contribution in [0.2, 0.25) is 0 Å². The Morgan fingerprint density at radius 3 is 2.65 bits per heavy atom. The van der Waals surface area contributed by atoms with Crippen LogP contribution in [0.4, 0.5) is 0 Å². The molecular formula is C16H33N3O. The van der Waals surface area contributed by atoms with Crippen molar-refractivity contribution in [1.82, 2.24) is 9.80 Å². The maximum atomic E-state index is 6.17. The molecule has 2 aliphatic rings. The van der Waals surface area contributed by atoms with Crippen LogP contribution >= 0.6 is 0 Å². The van der Waals surface area contributed by atoms with E-state index in [0.717, 1.165) is 45.9 Å². The molecule has 4 nitrogen and oxygen atoms in total. The molecule has 1 aliphatic carbocycles. The standard InChI is InChI=1S/C16H33N3O/c1-3-9-19(16(14-17)7-5-6-8-16)13-15-12-18(4-2)10-11-20-15/h15H,3-14,17H2,1-2H3. The maximum Gasteiger partial charge on any atom is 0.0829 e. The Hall–Kier alpha value is -0.160. The molecule has 20 heavy (non-hydrogen) atoms. The summed E-state index contributed by atoms with van der Waals surface area (Å²) in [6.45, 7) is 11.7. The number of hydrogen-bond donors (Lipinski definition) is 1. The third-order valence-electron chi connectivity index (χ3n) is 5.17. The van der Waals surface area contributed by atoms with E-state index in [9.17, 15) is 0 Å². The summed E-state index contributed by atoms with van der Waals surface area (Å²) in [5.41, 5.74) is 6.42. The number of ether oxygens (including phenoxy) is 1. The lowest BCUT2D eigenvalue weighted by Crippen LogP contribution is -2.57. The van der Waals surface area contributed by atoms with Gasteiger partial charge >= 0.3 is 0 Å². The molecule has 0 aromatic rings. The summed E-state index contributed by atoms with van der Waals surface area (Å²) >= 11 is 0. The number of rotatable bonds is 7. The van der Waals surface area contributed by atoms with Crippen molar-refractivity contribution >= 4 is 0 Å². The average Bonchev–Trinajstić information content (AvgIpc) is 2.97. The number of nitrogens with two attached hydrogens (primary N) is 1. The molecule has 1 atom stereocenters. The molecule has 0 bridgehead atoms. The molecule has 0 aromatic carbocycles. The fraction of sp³-hybridized carbons (Fsp3) is 1.00. The molecule has 118 valence electrons. The molecule has 1 saturated heterocycles. The van der Waals surface area contributed by atoms with Crippen molar-refractivity contribution in [3.8, 4) is 0 Å². The normalized spacial score (nSPS) is 27.3. The molecule has 0 radical (unpaired) electrons. The van der Waals surface area contributed by atoms with E-state index in [1.54, 1.807) is 0 Å². The first-order valence-electron chi connectivity index (χ1n) is 8.53. The molecule has 1 aliphatic heterocycles. The van der Waals surface area contributed by atoms with Gasteiger partial charge in [-0.25, -0.2) is 0 Å².